The zero-order valence-electron chi connectivity index (χ0n) is 13.7. The topological polar surface area (TPSA) is 85.1 Å². The maximum Gasteiger partial charge on any atom is 0.283 e. The molecule has 0 aliphatic carbocycles. The van der Waals surface area contributed by atoms with E-state index in [4.69, 9.17) is 11.6 Å². The van der Waals surface area contributed by atoms with Gasteiger partial charge in [0.05, 0.1) is 10.6 Å². The molecular weight excluding hydrogens is 374 g/mol. The molecule has 0 saturated carbocycles. The molecule has 132 valence electrons. The number of hydrogen-bond donors (Lipinski definition) is 1. The highest BCUT2D eigenvalue weighted by Gasteiger charge is 2.21. The zero-order valence-corrected chi connectivity index (χ0v) is 15.3. The van der Waals surface area contributed by atoms with Crippen molar-refractivity contribution in [2.75, 3.05) is 5.32 Å². The van der Waals surface area contributed by atoms with Gasteiger partial charge in [0, 0.05) is 22.0 Å². The Morgan fingerprint density at radius 1 is 1.27 bits per heavy atom. The summed E-state index contributed by atoms with van der Waals surface area (Å²) >= 11 is 7.03. The van der Waals surface area contributed by atoms with Crippen LogP contribution >= 0.6 is 22.9 Å². The Hall–Kier alpha value is -2.77. The molecule has 0 unspecified atom stereocenters. The molecule has 8 heteroatoms. The normalized spacial score (nSPS) is 10.5. The minimum absolute atomic E-state index is 0.0663. The number of carbonyl (C=O) groups is 1. The fraction of sp³-hybridized carbons (Fsp3) is 0.111. The average Bonchev–Trinajstić information content (AvgIpc) is 3.10. The van der Waals surface area contributed by atoms with Crippen molar-refractivity contribution in [2.45, 2.75) is 13.3 Å². The number of aryl methyl sites for hydroxylation is 1. The minimum Gasteiger partial charge on any atom is -0.298 e. The summed E-state index contributed by atoms with van der Waals surface area (Å²) in [6.45, 7) is 2.08. The van der Waals surface area contributed by atoms with Crippen molar-refractivity contribution >= 4 is 39.7 Å². The summed E-state index contributed by atoms with van der Waals surface area (Å²) in [6, 6.07) is 11.9. The molecule has 2 aromatic carbocycles. The first-order valence-electron chi connectivity index (χ1n) is 7.78. The second kappa shape index (κ2) is 7.63. The van der Waals surface area contributed by atoms with Crippen LogP contribution in [0.4, 0.5) is 10.8 Å². The summed E-state index contributed by atoms with van der Waals surface area (Å²) in [5.74, 6) is -0.601. The first-order valence-corrected chi connectivity index (χ1v) is 9.04. The summed E-state index contributed by atoms with van der Waals surface area (Å²) < 4.78 is 0. The molecule has 1 aromatic heterocycles. The third-order valence-electron chi connectivity index (χ3n) is 3.78. The van der Waals surface area contributed by atoms with Crippen molar-refractivity contribution in [2.24, 2.45) is 0 Å². The predicted molar refractivity (Wildman–Crippen MR) is 103 cm³/mol. The molecule has 0 aliphatic heterocycles. The van der Waals surface area contributed by atoms with Gasteiger partial charge in [-0.25, -0.2) is 4.98 Å². The van der Waals surface area contributed by atoms with Crippen LogP contribution in [-0.4, -0.2) is 15.8 Å². The maximum atomic E-state index is 12.4. The number of anilines is 1. The molecule has 0 fully saturated rings. The molecule has 0 bridgehead atoms. The highest BCUT2D eigenvalue weighted by molar-refractivity contribution is 7.14. The number of nitrogens with one attached hydrogen (secondary N) is 1. The lowest BCUT2D eigenvalue weighted by atomic mass is 10.1. The molecule has 0 saturated heterocycles. The molecule has 1 amide bonds. The van der Waals surface area contributed by atoms with Crippen LogP contribution in [0.15, 0.2) is 47.8 Å². The lowest BCUT2D eigenvalue weighted by Crippen LogP contribution is -2.13. The van der Waals surface area contributed by atoms with Crippen LogP contribution in [0.2, 0.25) is 5.02 Å². The number of nitro groups is 1. The first kappa shape index (κ1) is 18.0. The standard InChI is InChI=1S/C18H14ClN3O3S/c1-2-11-3-5-12(6-4-11)15-10-26-18(20-15)21-17(23)14-8-7-13(19)9-16(14)22(24)25/h3-10H,2H2,1H3,(H,20,21,23). The van der Waals surface area contributed by atoms with E-state index in [9.17, 15) is 14.9 Å². The van der Waals surface area contributed by atoms with Crippen LogP contribution in [0, 0.1) is 10.1 Å². The van der Waals surface area contributed by atoms with Crippen LogP contribution in [0.3, 0.4) is 0 Å². The van der Waals surface area contributed by atoms with E-state index in [1.165, 1.54) is 29.0 Å². The molecule has 3 rings (SSSR count). The summed E-state index contributed by atoms with van der Waals surface area (Å²) in [7, 11) is 0. The van der Waals surface area contributed by atoms with Gasteiger partial charge in [0.15, 0.2) is 5.13 Å². The van der Waals surface area contributed by atoms with E-state index in [1.54, 1.807) is 0 Å². The summed E-state index contributed by atoms with van der Waals surface area (Å²) in [6.07, 6.45) is 0.957. The molecule has 0 radical (unpaired) electrons. The van der Waals surface area contributed by atoms with Gasteiger partial charge in [0.25, 0.3) is 11.6 Å². The van der Waals surface area contributed by atoms with Crippen LogP contribution in [0.25, 0.3) is 11.3 Å². The van der Waals surface area contributed by atoms with Crippen molar-refractivity contribution in [3.8, 4) is 11.3 Å². The Morgan fingerprint density at radius 3 is 2.65 bits per heavy atom. The highest BCUT2D eigenvalue weighted by Crippen LogP contribution is 2.27. The van der Waals surface area contributed by atoms with Gasteiger partial charge in [-0.3, -0.25) is 20.2 Å². The first-order chi connectivity index (χ1) is 12.5. The lowest BCUT2D eigenvalue weighted by molar-refractivity contribution is -0.385. The lowest BCUT2D eigenvalue weighted by Gasteiger charge is -2.03. The van der Waals surface area contributed by atoms with Gasteiger partial charge in [-0.15, -0.1) is 11.3 Å². The van der Waals surface area contributed by atoms with Crippen molar-refractivity contribution < 1.29 is 9.72 Å². The van der Waals surface area contributed by atoms with Crippen molar-refractivity contribution in [3.63, 3.8) is 0 Å². The fourth-order valence-electron chi connectivity index (χ4n) is 2.39. The zero-order chi connectivity index (χ0) is 18.7. The molecule has 26 heavy (non-hydrogen) atoms. The molecule has 1 heterocycles. The van der Waals surface area contributed by atoms with E-state index >= 15 is 0 Å². The second-order valence-corrected chi connectivity index (χ2v) is 6.76. The molecule has 0 aliphatic rings. The molecule has 1 N–H and O–H groups in total. The van der Waals surface area contributed by atoms with Gasteiger partial charge in [-0.2, -0.15) is 0 Å². The number of benzene rings is 2. The van der Waals surface area contributed by atoms with Gasteiger partial charge in [-0.05, 0) is 24.1 Å². The Morgan fingerprint density at radius 2 is 2.00 bits per heavy atom. The number of hydrogen-bond acceptors (Lipinski definition) is 5. The average molecular weight is 388 g/mol. The predicted octanol–water partition coefficient (Wildman–Crippen LogP) is 5.19. The number of amides is 1. The maximum absolute atomic E-state index is 12.4. The summed E-state index contributed by atoms with van der Waals surface area (Å²) in [4.78, 5) is 27.3. The molecule has 6 nitrogen and oxygen atoms in total. The number of rotatable bonds is 5. The van der Waals surface area contributed by atoms with Crippen LogP contribution in [-0.2, 0) is 6.42 Å². The SMILES string of the molecule is CCc1ccc(-c2csc(NC(=O)c3ccc(Cl)cc3[N+](=O)[O-])n2)cc1. The number of nitro benzene ring substituents is 1. The number of thiazole rings is 1. The monoisotopic (exact) mass is 387 g/mol. The fourth-order valence-corrected chi connectivity index (χ4v) is 3.27. The highest BCUT2D eigenvalue weighted by atomic mass is 35.5. The quantitative estimate of drug-likeness (QED) is 0.482. The van der Waals surface area contributed by atoms with E-state index < -0.39 is 10.8 Å². The van der Waals surface area contributed by atoms with Gasteiger partial charge < -0.3 is 0 Å². The van der Waals surface area contributed by atoms with Crippen molar-refractivity contribution in [3.05, 3.63) is 74.1 Å². The third kappa shape index (κ3) is 3.89. The van der Waals surface area contributed by atoms with E-state index in [0.29, 0.717) is 5.13 Å². The minimum atomic E-state index is -0.636. The summed E-state index contributed by atoms with van der Waals surface area (Å²) in [5.41, 5.74) is 2.49. The van der Waals surface area contributed by atoms with E-state index in [1.807, 2.05) is 29.6 Å². The largest absolute Gasteiger partial charge is 0.298 e. The van der Waals surface area contributed by atoms with Gasteiger partial charge in [-0.1, -0.05) is 42.8 Å². The van der Waals surface area contributed by atoms with E-state index in [0.717, 1.165) is 23.7 Å². The van der Waals surface area contributed by atoms with Gasteiger partial charge in [0.1, 0.15) is 5.56 Å². The van der Waals surface area contributed by atoms with Crippen LogP contribution in [0.5, 0.6) is 0 Å². The molecular formula is C18H14ClN3O3S. The second-order valence-electron chi connectivity index (χ2n) is 5.46. The van der Waals surface area contributed by atoms with Gasteiger partial charge in [0.2, 0.25) is 0 Å². The smallest absolute Gasteiger partial charge is 0.283 e. The Bertz CT molecular complexity index is 970. The number of carbonyl (C=O) groups excluding carboxylic acids is 1. The van der Waals surface area contributed by atoms with Gasteiger partial charge >= 0.3 is 0 Å². The van der Waals surface area contributed by atoms with E-state index in [2.05, 4.69) is 17.2 Å². The number of aromatic nitrogens is 1. The molecule has 0 spiro atoms. The Kier molecular flexibility index (Phi) is 5.29. The Labute approximate surface area is 158 Å². The molecule has 3 aromatic rings. The third-order valence-corrected chi connectivity index (χ3v) is 4.78. The van der Waals surface area contributed by atoms with Crippen molar-refractivity contribution in [1.82, 2.24) is 4.98 Å². The van der Waals surface area contributed by atoms with Crippen molar-refractivity contribution in [1.29, 1.82) is 0 Å². The van der Waals surface area contributed by atoms with Crippen LogP contribution < -0.4 is 5.32 Å². The Balaban J connectivity index is 1.81. The van der Waals surface area contributed by atoms with E-state index in [-0.39, 0.29) is 16.3 Å². The molecule has 0 atom stereocenters. The summed E-state index contributed by atoms with van der Waals surface area (Å²) in [5, 5.41) is 16.1. The van der Waals surface area contributed by atoms with Crippen LogP contribution in [0.1, 0.15) is 22.8 Å². The number of nitrogens with zero attached hydrogens (tertiary/aromatic N) is 2. The number of halogens is 1.